The molecule has 2 rings (SSSR count). The van der Waals surface area contributed by atoms with Gasteiger partial charge in [0, 0.05) is 17.0 Å². The summed E-state index contributed by atoms with van der Waals surface area (Å²) in [7, 11) is 0. The average molecular weight is 348 g/mol. The van der Waals surface area contributed by atoms with Gasteiger partial charge in [0.1, 0.15) is 24.0 Å². The van der Waals surface area contributed by atoms with Gasteiger partial charge in [-0.1, -0.05) is 33.6 Å². The van der Waals surface area contributed by atoms with E-state index in [0.717, 1.165) is 11.6 Å². The van der Waals surface area contributed by atoms with Crippen molar-refractivity contribution in [2.24, 2.45) is 0 Å². The lowest BCUT2D eigenvalue weighted by Crippen LogP contribution is -1.99. The van der Waals surface area contributed by atoms with Crippen LogP contribution in [0.1, 0.15) is 11.1 Å². The molecule has 0 spiro atoms. The van der Waals surface area contributed by atoms with Crippen molar-refractivity contribution in [1.82, 2.24) is 0 Å². The number of benzene rings is 2. The van der Waals surface area contributed by atoms with Crippen molar-refractivity contribution < 1.29 is 13.5 Å². The lowest BCUT2D eigenvalue weighted by Gasteiger charge is -2.09. The monoisotopic (exact) mass is 346 g/mol. The first-order valence-corrected chi connectivity index (χ1v) is 7.01. The number of rotatable bonds is 4. The molecule has 0 radical (unpaired) electrons. The molecule has 0 aliphatic heterocycles. The van der Waals surface area contributed by atoms with Gasteiger partial charge < -0.3 is 4.74 Å². The summed E-state index contributed by atoms with van der Waals surface area (Å²) in [5.74, 6) is -0.774. The number of hydrogen-bond acceptors (Lipinski definition) is 1. The summed E-state index contributed by atoms with van der Waals surface area (Å²) in [6, 6.07) is 8.72. The highest BCUT2D eigenvalue weighted by Gasteiger charge is 2.07. The van der Waals surface area contributed by atoms with E-state index in [1.54, 1.807) is 12.1 Å². The van der Waals surface area contributed by atoms with Gasteiger partial charge in [0.25, 0.3) is 0 Å². The Balaban J connectivity index is 2.10. The van der Waals surface area contributed by atoms with Crippen molar-refractivity contribution in [2.75, 3.05) is 0 Å². The molecule has 0 aromatic heterocycles. The van der Waals surface area contributed by atoms with E-state index < -0.39 is 11.6 Å². The standard InChI is InChI=1S/C14H10BrClF2O/c15-7-9-1-4-14(12(16)5-9)19-8-10-2-3-11(17)6-13(10)18/h1-6H,7-8H2. The molecule has 0 amide bonds. The molecule has 0 saturated carbocycles. The van der Waals surface area contributed by atoms with E-state index in [4.69, 9.17) is 16.3 Å². The Morgan fingerprint density at radius 2 is 1.89 bits per heavy atom. The Morgan fingerprint density at radius 1 is 1.11 bits per heavy atom. The molecule has 0 fully saturated rings. The summed E-state index contributed by atoms with van der Waals surface area (Å²) < 4.78 is 31.6. The first-order chi connectivity index (χ1) is 9.10. The maximum atomic E-state index is 13.4. The zero-order valence-corrected chi connectivity index (χ0v) is 12.1. The van der Waals surface area contributed by atoms with Gasteiger partial charge in [-0.3, -0.25) is 0 Å². The molecule has 0 aliphatic carbocycles. The summed E-state index contributed by atoms with van der Waals surface area (Å²) >= 11 is 9.36. The third kappa shape index (κ3) is 3.67. The van der Waals surface area contributed by atoms with Crippen LogP contribution in [0.4, 0.5) is 8.78 Å². The molecular weight excluding hydrogens is 338 g/mol. The van der Waals surface area contributed by atoms with Gasteiger partial charge in [0.2, 0.25) is 0 Å². The fourth-order valence-corrected chi connectivity index (χ4v) is 2.15. The number of hydrogen-bond donors (Lipinski definition) is 0. The molecular formula is C14H10BrClF2O. The van der Waals surface area contributed by atoms with Crippen LogP contribution in [0.15, 0.2) is 36.4 Å². The highest BCUT2D eigenvalue weighted by Crippen LogP contribution is 2.27. The van der Waals surface area contributed by atoms with Gasteiger partial charge in [-0.05, 0) is 29.8 Å². The van der Waals surface area contributed by atoms with Crippen molar-refractivity contribution >= 4 is 27.5 Å². The molecule has 19 heavy (non-hydrogen) atoms. The van der Waals surface area contributed by atoms with E-state index in [-0.39, 0.29) is 12.2 Å². The van der Waals surface area contributed by atoms with Gasteiger partial charge in [-0.15, -0.1) is 0 Å². The van der Waals surface area contributed by atoms with Gasteiger partial charge >= 0.3 is 0 Å². The van der Waals surface area contributed by atoms with Crippen LogP contribution in [-0.4, -0.2) is 0 Å². The molecule has 1 nitrogen and oxygen atoms in total. The smallest absolute Gasteiger partial charge is 0.138 e. The average Bonchev–Trinajstić information content (AvgIpc) is 2.39. The summed E-state index contributed by atoms with van der Waals surface area (Å²) in [5.41, 5.74) is 1.30. The van der Waals surface area contributed by atoms with Crippen LogP contribution >= 0.6 is 27.5 Å². The Bertz CT molecular complexity index is 590. The van der Waals surface area contributed by atoms with Gasteiger partial charge in [0.05, 0.1) is 5.02 Å². The molecule has 0 aliphatic rings. The second-order valence-electron chi connectivity index (χ2n) is 3.92. The third-order valence-corrected chi connectivity index (χ3v) is 3.49. The van der Waals surface area contributed by atoms with E-state index in [0.29, 0.717) is 16.1 Å². The Hall–Kier alpha value is -1.13. The molecule has 100 valence electrons. The highest BCUT2D eigenvalue weighted by molar-refractivity contribution is 9.08. The lowest BCUT2D eigenvalue weighted by atomic mass is 10.2. The molecule has 0 bridgehead atoms. The molecule has 2 aromatic rings. The largest absolute Gasteiger partial charge is 0.487 e. The predicted octanol–water partition coefficient (Wildman–Crippen LogP) is 5.09. The number of halogens is 4. The van der Waals surface area contributed by atoms with E-state index >= 15 is 0 Å². The van der Waals surface area contributed by atoms with Gasteiger partial charge in [0.15, 0.2) is 0 Å². The van der Waals surface area contributed by atoms with E-state index in [9.17, 15) is 8.78 Å². The normalized spacial score (nSPS) is 10.5. The fraction of sp³-hybridized carbons (Fsp3) is 0.143. The molecule has 0 atom stereocenters. The molecule has 0 saturated heterocycles. The van der Waals surface area contributed by atoms with Crippen LogP contribution < -0.4 is 4.74 Å². The van der Waals surface area contributed by atoms with E-state index in [2.05, 4.69) is 15.9 Å². The Kier molecular flexibility index (Phi) is 4.77. The van der Waals surface area contributed by atoms with E-state index in [1.807, 2.05) is 6.07 Å². The number of alkyl halides is 1. The van der Waals surface area contributed by atoms with Crippen molar-refractivity contribution in [3.05, 3.63) is 64.2 Å². The zero-order valence-electron chi connectivity index (χ0n) is 9.80. The molecule has 2 aromatic carbocycles. The summed E-state index contributed by atoms with van der Waals surface area (Å²) in [5, 5.41) is 1.15. The summed E-state index contributed by atoms with van der Waals surface area (Å²) in [4.78, 5) is 0. The molecule has 5 heteroatoms. The molecule has 0 unspecified atom stereocenters. The predicted molar refractivity (Wildman–Crippen MR) is 74.8 cm³/mol. The van der Waals surface area contributed by atoms with Crippen LogP contribution in [0.5, 0.6) is 5.75 Å². The van der Waals surface area contributed by atoms with Crippen molar-refractivity contribution in [3.63, 3.8) is 0 Å². The molecule has 0 N–H and O–H groups in total. The number of ether oxygens (including phenoxy) is 1. The van der Waals surface area contributed by atoms with Gasteiger partial charge in [-0.2, -0.15) is 0 Å². The van der Waals surface area contributed by atoms with Gasteiger partial charge in [-0.25, -0.2) is 8.78 Å². The Morgan fingerprint density at radius 3 is 2.53 bits per heavy atom. The fourth-order valence-electron chi connectivity index (χ4n) is 1.54. The second kappa shape index (κ2) is 6.35. The Labute approximate surface area is 123 Å². The topological polar surface area (TPSA) is 9.23 Å². The van der Waals surface area contributed by atoms with Crippen LogP contribution in [-0.2, 0) is 11.9 Å². The lowest BCUT2D eigenvalue weighted by molar-refractivity contribution is 0.299. The maximum Gasteiger partial charge on any atom is 0.138 e. The van der Waals surface area contributed by atoms with Crippen molar-refractivity contribution in [3.8, 4) is 5.75 Å². The first-order valence-electron chi connectivity index (χ1n) is 5.51. The zero-order chi connectivity index (χ0) is 13.8. The first kappa shape index (κ1) is 14.3. The minimum Gasteiger partial charge on any atom is -0.487 e. The van der Waals surface area contributed by atoms with Crippen molar-refractivity contribution in [1.29, 1.82) is 0 Å². The third-order valence-electron chi connectivity index (χ3n) is 2.55. The second-order valence-corrected chi connectivity index (χ2v) is 4.89. The van der Waals surface area contributed by atoms with Crippen LogP contribution in [0, 0.1) is 11.6 Å². The SMILES string of the molecule is Fc1ccc(COc2ccc(CBr)cc2Cl)c(F)c1. The van der Waals surface area contributed by atoms with E-state index in [1.165, 1.54) is 12.1 Å². The van der Waals surface area contributed by atoms with Crippen LogP contribution in [0.2, 0.25) is 5.02 Å². The van der Waals surface area contributed by atoms with Crippen LogP contribution in [0.25, 0.3) is 0 Å². The quantitative estimate of drug-likeness (QED) is 0.700. The minimum absolute atomic E-state index is 0.000503. The summed E-state index contributed by atoms with van der Waals surface area (Å²) in [6.07, 6.45) is 0. The minimum atomic E-state index is -0.631. The summed E-state index contributed by atoms with van der Waals surface area (Å²) in [6.45, 7) is -0.000503. The maximum absolute atomic E-state index is 13.4. The van der Waals surface area contributed by atoms with Crippen molar-refractivity contribution in [2.45, 2.75) is 11.9 Å². The highest BCUT2D eigenvalue weighted by atomic mass is 79.9. The van der Waals surface area contributed by atoms with Crippen LogP contribution in [0.3, 0.4) is 0 Å². The molecule has 0 heterocycles.